The van der Waals surface area contributed by atoms with Crippen LogP contribution < -0.4 is 10.3 Å². The van der Waals surface area contributed by atoms with Crippen molar-refractivity contribution in [2.24, 2.45) is 0 Å². The van der Waals surface area contributed by atoms with E-state index in [-0.39, 0.29) is 17.0 Å². The van der Waals surface area contributed by atoms with Gasteiger partial charge in [-0.1, -0.05) is 0 Å². The molecule has 5 heteroatoms. The molecule has 0 bridgehead atoms. The highest BCUT2D eigenvalue weighted by Gasteiger charge is 2.13. The van der Waals surface area contributed by atoms with E-state index in [4.69, 9.17) is 0 Å². The van der Waals surface area contributed by atoms with Gasteiger partial charge in [-0.05, 0) is 13.0 Å². The number of hydrogen-bond donors (Lipinski definition) is 1. The van der Waals surface area contributed by atoms with Crippen LogP contribution in [-0.4, -0.2) is 12.1 Å². The summed E-state index contributed by atoms with van der Waals surface area (Å²) in [6.45, 7) is 1.42. The maximum atomic E-state index is 12.3. The molecule has 0 saturated heterocycles. The Bertz CT molecular complexity index is 360. The monoisotopic (exact) mass is 189 g/mol. The molecule has 1 heterocycles. The summed E-state index contributed by atoms with van der Waals surface area (Å²) in [5.74, 6) is -0.0964. The number of hydrogen-bond acceptors (Lipinski definition) is 2. The average molecular weight is 189 g/mol. The fraction of sp³-hybridized carbons (Fsp3) is 0.375. The van der Waals surface area contributed by atoms with Crippen LogP contribution in [0.15, 0.2) is 10.9 Å². The number of pyridine rings is 1. The molecule has 1 N–H and O–H groups in total. The van der Waals surface area contributed by atoms with Crippen molar-refractivity contribution in [1.82, 2.24) is 4.98 Å². The lowest BCUT2D eigenvalue weighted by atomic mass is 10.2. The lowest BCUT2D eigenvalue weighted by Crippen LogP contribution is -2.12. The molecule has 0 atom stereocenters. The van der Waals surface area contributed by atoms with Crippen LogP contribution in [0.2, 0.25) is 0 Å². The molecule has 1 aromatic heterocycles. The van der Waals surface area contributed by atoms with Crippen molar-refractivity contribution in [3.05, 3.63) is 27.7 Å². The van der Waals surface area contributed by atoms with Crippen molar-refractivity contribution in [3.63, 3.8) is 0 Å². The number of halogens is 2. The van der Waals surface area contributed by atoms with Gasteiger partial charge in [-0.25, -0.2) is 8.78 Å². The Morgan fingerprint density at radius 2 is 2.15 bits per heavy atom. The van der Waals surface area contributed by atoms with Crippen molar-refractivity contribution in [1.29, 1.82) is 0 Å². The highest BCUT2D eigenvalue weighted by molar-refractivity contribution is 5.29. The molecule has 13 heavy (non-hydrogen) atoms. The van der Waals surface area contributed by atoms with Gasteiger partial charge in [0.1, 0.15) is 0 Å². The summed E-state index contributed by atoms with van der Waals surface area (Å²) in [5.41, 5.74) is -0.540. The topological polar surface area (TPSA) is 42.1 Å². The van der Waals surface area contributed by atoms with Gasteiger partial charge >= 0.3 is 0 Å². The summed E-state index contributed by atoms with van der Waals surface area (Å²) >= 11 is 0. The number of alkyl halides is 2. The van der Waals surface area contributed by atoms with Crippen LogP contribution in [0, 0.1) is 6.92 Å². The second kappa shape index (κ2) is 3.55. The number of methoxy groups -OCH3 is 1. The van der Waals surface area contributed by atoms with Crippen LogP contribution in [0.4, 0.5) is 8.78 Å². The number of nitrogens with one attached hydrogen (secondary N) is 1. The van der Waals surface area contributed by atoms with E-state index < -0.39 is 12.0 Å². The third-order valence-electron chi connectivity index (χ3n) is 1.70. The number of H-pyrrole nitrogens is 1. The van der Waals surface area contributed by atoms with Gasteiger partial charge in [0.15, 0.2) is 5.75 Å². The van der Waals surface area contributed by atoms with Crippen molar-refractivity contribution in [2.45, 2.75) is 13.3 Å². The number of aromatic nitrogens is 1. The summed E-state index contributed by atoms with van der Waals surface area (Å²) in [7, 11) is 1.26. The Morgan fingerprint density at radius 3 is 2.62 bits per heavy atom. The molecule has 0 fully saturated rings. The van der Waals surface area contributed by atoms with E-state index in [0.29, 0.717) is 0 Å². The standard InChI is InChI=1S/C8H9F2NO2/c1-4-5(7(9)10)3-6(13-2)8(12)11-4/h3,7H,1-2H3,(H,11,12). The zero-order valence-electron chi connectivity index (χ0n) is 7.23. The SMILES string of the molecule is COc1cc(C(F)F)c(C)[nH]c1=O. The minimum atomic E-state index is -2.61. The Balaban J connectivity index is 3.31. The Hall–Kier alpha value is -1.39. The van der Waals surface area contributed by atoms with E-state index in [2.05, 4.69) is 9.72 Å². The normalized spacial score (nSPS) is 10.5. The third kappa shape index (κ3) is 1.85. The van der Waals surface area contributed by atoms with Crippen LogP contribution >= 0.6 is 0 Å². The second-order valence-electron chi connectivity index (χ2n) is 2.55. The van der Waals surface area contributed by atoms with Crippen LogP contribution in [0.25, 0.3) is 0 Å². The minimum Gasteiger partial charge on any atom is -0.491 e. The fourth-order valence-electron chi connectivity index (χ4n) is 0.997. The molecule has 0 aliphatic rings. The molecule has 0 spiro atoms. The summed E-state index contributed by atoms with van der Waals surface area (Å²) < 4.78 is 29.2. The Kier molecular flexibility index (Phi) is 2.65. The number of aromatic amines is 1. The van der Waals surface area contributed by atoms with Gasteiger partial charge in [-0.15, -0.1) is 0 Å². The van der Waals surface area contributed by atoms with E-state index in [1.54, 1.807) is 0 Å². The van der Waals surface area contributed by atoms with Crippen LogP contribution in [-0.2, 0) is 0 Å². The highest BCUT2D eigenvalue weighted by Crippen LogP contribution is 2.22. The fourth-order valence-corrected chi connectivity index (χ4v) is 0.997. The molecular weight excluding hydrogens is 180 g/mol. The van der Waals surface area contributed by atoms with Gasteiger partial charge < -0.3 is 9.72 Å². The Morgan fingerprint density at radius 1 is 1.54 bits per heavy atom. The van der Waals surface area contributed by atoms with Gasteiger partial charge in [-0.3, -0.25) is 4.79 Å². The van der Waals surface area contributed by atoms with Gasteiger partial charge in [0.05, 0.1) is 7.11 Å². The van der Waals surface area contributed by atoms with Crippen LogP contribution in [0.3, 0.4) is 0 Å². The van der Waals surface area contributed by atoms with Gasteiger partial charge in [0.2, 0.25) is 0 Å². The number of ether oxygens (including phenoxy) is 1. The van der Waals surface area contributed by atoms with E-state index in [1.165, 1.54) is 14.0 Å². The maximum Gasteiger partial charge on any atom is 0.290 e. The first kappa shape index (κ1) is 9.70. The largest absolute Gasteiger partial charge is 0.491 e. The van der Waals surface area contributed by atoms with E-state index in [1.807, 2.05) is 0 Å². The Labute approximate surface area is 73.4 Å². The lowest BCUT2D eigenvalue weighted by molar-refractivity contribution is 0.149. The van der Waals surface area contributed by atoms with E-state index in [0.717, 1.165) is 6.07 Å². The molecule has 0 aromatic carbocycles. The van der Waals surface area contributed by atoms with Gasteiger partial charge in [0, 0.05) is 11.3 Å². The lowest BCUT2D eigenvalue weighted by Gasteiger charge is -2.05. The highest BCUT2D eigenvalue weighted by atomic mass is 19.3. The molecule has 0 saturated carbocycles. The number of rotatable bonds is 2. The smallest absolute Gasteiger partial charge is 0.290 e. The predicted octanol–water partition coefficient (Wildman–Crippen LogP) is 1.63. The zero-order valence-corrected chi connectivity index (χ0v) is 7.23. The van der Waals surface area contributed by atoms with Crippen molar-refractivity contribution in [2.75, 3.05) is 7.11 Å². The molecule has 1 aromatic rings. The quantitative estimate of drug-likeness (QED) is 0.768. The van der Waals surface area contributed by atoms with E-state index in [9.17, 15) is 13.6 Å². The van der Waals surface area contributed by atoms with Gasteiger partial charge in [0.25, 0.3) is 12.0 Å². The van der Waals surface area contributed by atoms with Crippen molar-refractivity contribution < 1.29 is 13.5 Å². The molecule has 1 rings (SSSR count). The predicted molar refractivity (Wildman–Crippen MR) is 43.3 cm³/mol. The first-order chi connectivity index (χ1) is 6.06. The van der Waals surface area contributed by atoms with Gasteiger partial charge in [-0.2, -0.15) is 0 Å². The van der Waals surface area contributed by atoms with Crippen molar-refractivity contribution >= 4 is 0 Å². The summed E-state index contributed by atoms with van der Waals surface area (Å²) in [5, 5.41) is 0. The van der Waals surface area contributed by atoms with Crippen molar-refractivity contribution in [3.8, 4) is 5.75 Å². The zero-order chi connectivity index (χ0) is 10.0. The second-order valence-corrected chi connectivity index (χ2v) is 2.55. The molecule has 3 nitrogen and oxygen atoms in total. The maximum absolute atomic E-state index is 12.3. The third-order valence-corrected chi connectivity index (χ3v) is 1.70. The molecular formula is C8H9F2NO2. The average Bonchev–Trinajstić information content (AvgIpc) is 2.03. The van der Waals surface area contributed by atoms with Crippen LogP contribution in [0.5, 0.6) is 5.75 Å². The van der Waals surface area contributed by atoms with Crippen LogP contribution in [0.1, 0.15) is 17.7 Å². The summed E-state index contributed by atoms with van der Waals surface area (Å²) in [6.07, 6.45) is -2.61. The molecule has 0 radical (unpaired) electrons. The molecule has 0 unspecified atom stereocenters. The summed E-state index contributed by atoms with van der Waals surface area (Å²) in [4.78, 5) is 13.3. The molecule has 0 aliphatic carbocycles. The van der Waals surface area contributed by atoms with E-state index >= 15 is 0 Å². The first-order valence-corrected chi connectivity index (χ1v) is 3.62. The first-order valence-electron chi connectivity index (χ1n) is 3.62. The number of aryl methyl sites for hydroxylation is 1. The molecule has 72 valence electrons. The summed E-state index contributed by atoms with van der Waals surface area (Å²) in [6, 6.07) is 1.05. The molecule has 0 amide bonds. The molecule has 0 aliphatic heterocycles. The minimum absolute atomic E-state index is 0.0964.